The van der Waals surface area contributed by atoms with Crippen LogP contribution in [0.25, 0.3) is 22.5 Å². The predicted octanol–water partition coefficient (Wildman–Crippen LogP) is 4.19. The number of nitrogens with zero attached hydrogens (tertiary/aromatic N) is 7. The number of aromatic nitrogens is 5. The van der Waals surface area contributed by atoms with Crippen molar-refractivity contribution in [3.8, 4) is 11.3 Å². The van der Waals surface area contributed by atoms with E-state index in [2.05, 4.69) is 52.9 Å². The smallest absolute Gasteiger partial charge is 0.300 e. The van der Waals surface area contributed by atoms with Crippen LogP contribution in [0.1, 0.15) is 43.7 Å². The summed E-state index contributed by atoms with van der Waals surface area (Å²) in [5, 5.41) is 8.53. The topological polar surface area (TPSA) is 93.2 Å². The highest BCUT2D eigenvalue weighted by molar-refractivity contribution is 5.94. The Morgan fingerprint density at radius 3 is 2.57 bits per heavy atom. The van der Waals surface area contributed by atoms with Crippen molar-refractivity contribution < 1.29 is 9.21 Å². The van der Waals surface area contributed by atoms with Gasteiger partial charge < -0.3 is 14.2 Å². The molecule has 1 aromatic carbocycles. The van der Waals surface area contributed by atoms with E-state index < -0.39 is 0 Å². The Morgan fingerprint density at radius 1 is 1.09 bits per heavy atom. The van der Waals surface area contributed by atoms with E-state index in [9.17, 15) is 4.79 Å². The average Bonchev–Trinajstić information content (AvgIpc) is 3.44. The minimum absolute atomic E-state index is 0.0225. The van der Waals surface area contributed by atoms with E-state index in [1.165, 1.54) is 0 Å². The van der Waals surface area contributed by atoms with Gasteiger partial charge in [-0.25, -0.2) is 4.98 Å². The molecule has 182 valence electrons. The normalized spacial score (nSPS) is 16.8. The van der Waals surface area contributed by atoms with E-state index in [0.717, 1.165) is 23.5 Å². The SMILES string of the molecule is Cc1ccc2oc(N3CCN(C(=O)c4ccc(-c5cn(CC(C)(C)C)nn5)cc4)C[C@H]3C)nc2n1. The van der Waals surface area contributed by atoms with Gasteiger partial charge in [0.05, 0.1) is 6.20 Å². The minimum Gasteiger partial charge on any atom is -0.422 e. The standard InChI is InChI=1S/C26H31N7O2/c1-17-6-11-22-23(27-17)28-25(35-22)33-13-12-31(14-18(33)2)24(34)20-9-7-19(8-10-20)21-15-32(30-29-21)16-26(3,4)5/h6-11,15,18H,12-14,16H2,1-5H3/t18-/m1/s1. The van der Waals surface area contributed by atoms with Crippen LogP contribution in [0.4, 0.5) is 6.01 Å². The molecule has 1 atom stereocenters. The van der Waals surface area contributed by atoms with Crippen LogP contribution in [-0.4, -0.2) is 61.4 Å². The molecule has 1 saturated heterocycles. The molecule has 1 aliphatic heterocycles. The second-order valence-corrected chi connectivity index (χ2v) is 10.5. The number of carbonyl (C=O) groups excluding carboxylic acids is 1. The molecule has 0 unspecified atom stereocenters. The predicted molar refractivity (Wildman–Crippen MR) is 134 cm³/mol. The number of carbonyl (C=O) groups is 1. The molecule has 0 saturated carbocycles. The van der Waals surface area contributed by atoms with Crippen molar-refractivity contribution in [1.29, 1.82) is 0 Å². The van der Waals surface area contributed by atoms with Crippen LogP contribution in [0, 0.1) is 12.3 Å². The lowest BCUT2D eigenvalue weighted by atomic mass is 9.97. The van der Waals surface area contributed by atoms with E-state index in [-0.39, 0.29) is 17.4 Å². The van der Waals surface area contributed by atoms with Crippen molar-refractivity contribution in [2.24, 2.45) is 5.41 Å². The second kappa shape index (κ2) is 8.79. The second-order valence-electron chi connectivity index (χ2n) is 10.5. The van der Waals surface area contributed by atoms with Crippen LogP contribution >= 0.6 is 0 Å². The van der Waals surface area contributed by atoms with Crippen molar-refractivity contribution in [2.45, 2.75) is 47.2 Å². The van der Waals surface area contributed by atoms with Crippen LogP contribution < -0.4 is 4.90 Å². The zero-order chi connectivity index (χ0) is 24.7. The minimum atomic E-state index is 0.0225. The van der Waals surface area contributed by atoms with E-state index >= 15 is 0 Å². The number of rotatable bonds is 4. The molecule has 0 bridgehead atoms. The fourth-order valence-electron chi connectivity index (χ4n) is 4.41. The van der Waals surface area contributed by atoms with Gasteiger partial charge in [0.15, 0.2) is 5.58 Å². The summed E-state index contributed by atoms with van der Waals surface area (Å²) in [6.07, 6.45) is 1.95. The number of anilines is 1. The maximum atomic E-state index is 13.2. The van der Waals surface area contributed by atoms with Crippen molar-refractivity contribution in [2.75, 3.05) is 24.5 Å². The van der Waals surface area contributed by atoms with Crippen LogP contribution in [0.5, 0.6) is 0 Å². The number of fused-ring (bicyclic) bond motifs is 1. The summed E-state index contributed by atoms with van der Waals surface area (Å²) >= 11 is 0. The zero-order valence-corrected chi connectivity index (χ0v) is 20.9. The van der Waals surface area contributed by atoms with Crippen molar-refractivity contribution in [3.63, 3.8) is 0 Å². The Hall–Kier alpha value is -3.75. The van der Waals surface area contributed by atoms with Crippen LogP contribution in [0.3, 0.4) is 0 Å². The number of piperazine rings is 1. The molecule has 9 heteroatoms. The highest BCUT2D eigenvalue weighted by atomic mass is 16.4. The Labute approximate surface area is 204 Å². The zero-order valence-electron chi connectivity index (χ0n) is 20.9. The van der Waals surface area contributed by atoms with Gasteiger partial charge in [-0.2, -0.15) is 4.98 Å². The molecule has 0 spiro atoms. The average molecular weight is 474 g/mol. The summed E-state index contributed by atoms with van der Waals surface area (Å²) in [5.74, 6) is 0.0225. The maximum absolute atomic E-state index is 13.2. The molecule has 35 heavy (non-hydrogen) atoms. The van der Waals surface area contributed by atoms with Crippen LogP contribution in [-0.2, 0) is 6.54 Å². The first kappa shape index (κ1) is 23.0. The molecule has 0 radical (unpaired) electrons. The van der Waals surface area contributed by atoms with Gasteiger partial charge in [0.25, 0.3) is 11.9 Å². The number of oxazole rings is 1. The molecule has 1 aliphatic rings. The van der Waals surface area contributed by atoms with Gasteiger partial charge >= 0.3 is 0 Å². The summed E-state index contributed by atoms with van der Waals surface area (Å²) in [7, 11) is 0. The molecule has 1 fully saturated rings. The number of amides is 1. The van der Waals surface area contributed by atoms with Crippen molar-refractivity contribution >= 4 is 23.2 Å². The Morgan fingerprint density at radius 2 is 1.86 bits per heavy atom. The van der Waals surface area contributed by atoms with Gasteiger partial charge in [-0.3, -0.25) is 9.48 Å². The summed E-state index contributed by atoms with van der Waals surface area (Å²) in [6, 6.07) is 12.0. The Bertz CT molecular complexity index is 1350. The molecule has 0 aliphatic carbocycles. The van der Waals surface area contributed by atoms with Gasteiger partial charge in [0, 0.05) is 49.0 Å². The summed E-state index contributed by atoms with van der Waals surface area (Å²) < 4.78 is 7.80. The lowest BCUT2D eigenvalue weighted by molar-refractivity contribution is 0.0724. The number of aryl methyl sites for hydroxylation is 1. The molecule has 5 rings (SSSR count). The summed E-state index contributed by atoms with van der Waals surface area (Å²) in [6.45, 7) is 13.1. The number of hydrogen-bond donors (Lipinski definition) is 0. The van der Waals surface area contributed by atoms with Crippen LogP contribution in [0.15, 0.2) is 47.0 Å². The molecule has 9 nitrogen and oxygen atoms in total. The van der Waals surface area contributed by atoms with E-state index in [1.807, 2.05) is 59.1 Å². The van der Waals surface area contributed by atoms with Gasteiger partial charge in [-0.05, 0) is 43.5 Å². The van der Waals surface area contributed by atoms with Gasteiger partial charge in [0.2, 0.25) is 5.65 Å². The first-order valence-corrected chi connectivity index (χ1v) is 12.0. The largest absolute Gasteiger partial charge is 0.422 e. The number of hydrogen-bond acceptors (Lipinski definition) is 7. The van der Waals surface area contributed by atoms with Crippen molar-refractivity contribution in [1.82, 2.24) is 29.9 Å². The first-order chi connectivity index (χ1) is 16.7. The third kappa shape index (κ3) is 4.89. The van der Waals surface area contributed by atoms with E-state index in [0.29, 0.717) is 42.4 Å². The monoisotopic (exact) mass is 473 g/mol. The maximum Gasteiger partial charge on any atom is 0.300 e. The fourth-order valence-corrected chi connectivity index (χ4v) is 4.41. The molecule has 0 N–H and O–H groups in total. The molecule has 4 heterocycles. The number of benzene rings is 1. The molecular weight excluding hydrogens is 442 g/mol. The van der Waals surface area contributed by atoms with E-state index in [1.54, 1.807) is 0 Å². The highest BCUT2D eigenvalue weighted by Gasteiger charge is 2.30. The third-order valence-electron chi connectivity index (χ3n) is 6.14. The van der Waals surface area contributed by atoms with Crippen LogP contribution in [0.2, 0.25) is 0 Å². The van der Waals surface area contributed by atoms with Crippen molar-refractivity contribution in [3.05, 3.63) is 53.9 Å². The Balaban J connectivity index is 1.25. The lowest BCUT2D eigenvalue weighted by Gasteiger charge is -2.39. The highest BCUT2D eigenvalue weighted by Crippen LogP contribution is 2.26. The lowest BCUT2D eigenvalue weighted by Crippen LogP contribution is -2.53. The van der Waals surface area contributed by atoms with Gasteiger partial charge in [0.1, 0.15) is 5.69 Å². The van der Waals surface area contributed by atoms with Gasteiger partial charge in [-0.1, -0.05) is 38.1 Å². The fraction of sp³-hybridized carbons (Fsp3) is 0.423. The molecule has 1 amide bonds. The number of pyridine rings is 1. The summed E-state index contributed by atoms with van der Waals surface area (Å²) in [5.41, 5.74) is 4.73. The van der Waals surface area contributed by atoms with E-state index in [4.69, 9.17) is 4.42 Å². The molecular formula is C26H31N7O2. The molecule has 3 aromatic heterocycles. The van der Waals surface area contributed by atoms with Gasteiger partial charge in [-0.15, -0.1) is 5.10 Å². The quantitative estimate of drug-likeness (QED) is 0.439. The Kier molecular flexibility index (Phi) is 5.78. The summed E-state index contributed by atoms with van der Waals surface area (Å²) in [4.78, 5) is 26.2. The molecule has 4 aromatic rings. The third-order valence-corrected chi connectivity index (χ3v) is 6.14. The first-order valence-electron chi connectivity index (χ1n) is 12.0.